The van der Waals surface area contributed by atoms with E-state index in [0.29, 0.717) is 0 Å². The lowest BCUT2D eigenvalue weighted by Gasteiger charge is -2.17. The van der Waals surface area contributed by atoms with Crippen molar-refractivity contribution < 1.29 is 0 Å². The molecule has 0 aliphatic rings. The van der Waals surface area contributed by atoms with Gasteiger partial charge < -0.3 is 5.32 Å². The van der Waals surface area contributed by atoms with E-state index in [2.05, 4.69) is 48.7 Å². The molecule has 0 saturated heterocycles. The minimum absolute atomic E-state index is 0.213. The number of pyridine rings is 1. The van der Waals surface area contributed by atoms with Crippen LogP contribution in [-0.4, -0.2) is 12.0 Å². The summed E-state index contributed by atoms with van der Waals surface area (Å²) in [6.45, 7) is 5.95. The first kappa shape index (κ1) is 12.9. The fourth-order valence-corrected chi connectivity index (χ4v) is 2.63. The lowest BCUT2D eigenvalue weighted by atomic mass is 10.1. The Morgan fingerprint density at radius 1 is 1.60 bits per heavy atom. The second-order valence-corrected chi connectivity index (χ2v) is 5.29. The van der Waals surface area contributed by atoms with Crippen molar-refractivity contribution in [3.8, 4) is 0 Å². The first-order chi connectivity index (χ1) is 7.04. The van der Waals surface area contributed by atoms with Gasteiger partial charge in [-0.2, -0.15) is 0 Å². The molecule has 1 aromatic rings. The van der Waals surface area contributed by atoms with Crippen LogP contribution in [0.3, 0.4) is 0 Å². The van der Waals surface area contributed by atoms with Crippen LogP contribution in [0.25, 0.3) is 0 Å². The zero-order valence-electron chi connectivity index (χ0n) is 8.85. The second kappa shape index (κ2) is 5.77. The molecule has 1 rings (SSSR count). The zero-order valence-corrected chi connectivity index (χ0v) is 12.0. The highest BCUT2D eigenvalue weighted by atomic mass is 79.9. The lowest BCUT2D eigenvalue weighted by Crippen LogP contribution is -2.18. The second-order valence-electron chi connectivity index (χ2n) is 3.52. The smallest absolute Gasteiger partial charge is 0.0718 e. The van der Waals surface area contributed by atoms with Gasteiger partial charge in [0.1, 0.15) is 0 Å². The van der Waals surface area contributed by atoms with Gasteiger partial charge in [-0.3, -0.25) is 4.98 Å². The van der Waals surface area contributed by atoms with Gasteiger partial charge in [0.2, 0.25) is 0 Å². The fraction of sp³-hybridized carbons (Fsp3) is 0.364. The molecule has 0 spiro atoms. The Bertz CT molecular complexity index is 364. The Kier molecular flexibility index (Phi) is 4.96. The number of halogens is 2. The molecule has 2 nitrogen and oxygen atoms in total. The van der Waals surface area contributed by atoms with Gasteiger partial charge in [-0.15, -0.1) is 6.58 Å². The van der Waals surface area contributed by atoms with Gasteiger partial charge in [0, 0.05) is 15.1 Å². The summed E-state index contributed by atoms with van der Waals surface area (Å²) in [5.41, 5.74) is 2.16. The molecule has 15 heavy (non-hydrogen) atoms. The molecule has 0 aromatic carbocycles. The van der Waals surface area contributed by atoms with E-state index >= 15 is 0 Å². The van der Waals surface area contributed by atoms with Gasteiger partial charge in [0.15, 0.2) is 0 Å². The zero-order chi connectivity index (χ0) is 11.4. The number of aromatic nitrogens is 1. The van der Waals surface area contributed by atoms with E-state index in [1.54, 1.807) is 0 Å². The summed E-state index contributed by atoms with van der Waals surface area (Å²) in [5, 5.41) is 3.24. The molecule has 4 heteroatoms. The maximum atomic E-state index is 4.40. The third-order valence-corrected chi connectivity index (χ3v) is 3.14. The van der Waals surface area contributed by atoms with E-state index < -0.39 is 0 Å². The highest BCUT2D eigenvalue weighted by Gasteiger charge is 2.14. The Morgan fingerprint density at radius 2 is 2.27 bits per heavy atom. The van der Waals surface area contributed by atoms with E-state index in [0.717, 1.165) is 26.6 Å². The van der Waals surface area contributed by atoms with Gasteiger partial charge in [-0.25, -0.2) is 0 Å². The molecule has 0 aliphatic heterocycles. The average molecular weight is 334 g/mol. The standard InChI is InChI=1S/C11H14Br2N2/c1-7(2)4-10(14-3)11-9(13)5-8(12)6-15-11/h5-6,10,14H,1,4H2,2-3H3. The van der Waals surface area contributed by atoms with Crippen molar-refractivity contribution in [1.29, 1.82) is 0 Å². The van der Waals surface area contributed by atoms with Gasteiger partial charge >= 0.3 is 0 Å². The number of rotatable bonds is 4. The van der Waals surface area contributed by atoms with Crippen LogP contribution in [0.4, 0.5) is 0 Å². The third kappa shape index (κ3) is 3.70. The molecule has 0 saturated carbocycles. The molecule has 1 unspecified atom stereocenters. The molecule has 82 valence electrons. The maximum Gasteiger partial charge on any atom is 0.0718 e. The maximum absolute atomic E-state index is 4.40. The average Bonchev–Trinajstić information content (AvgIpc) is 2.14. The highest BCUT2D eigenvalue weighted by molar-refractivity contribution is 9.11. The van der Waals surface area contributed by atoms with E-state index in [-0.39, 0.29) is 6.04 Å². The molecular formula is C11H14Br2N2. The van der Waals surface area contributed by atoms with Crippen LogP contribution >= 0.6 is 31.9 Å². The number of hydrogen-bond donors (Lipinski definition) is 1. The third-order valence-electron chi connectivity index (χ3n) is 2.07. The number of nitrogens with one attached hydrogen (secondary N) is 1. The number of hydrogen-bond acceptors (Lipinski definition) is 2. The van der Waals surface area contributed by atoms with Crippen molar-refractivity contribution >= 4 is 31.9 Å². The molecule has 1 aromatic heterocycles. The largest absolute Gasteiger partial charge is 0.311 e. The highest BCUT2D eigenvalue weighted by Crippen LogP contribution is 2.27. The van der Waals surface area contributed by atoms with Gasteiger partial charge in [0.25, 0.3) is 0 Å². The van der Waals surface area contributed by atoms with Crippen molar-refractivity contribution in [1.82, 2.24) is 10.3 Å². The minimum Gasteiger partial charge on any atom is -0.311 e. The van der Waals surface area contributed by atoms with E-state index in [1.807, 2.05) is 26.2 Å². The summed E-state index contributed by atoms with van der Waals surface area (Å²) in [7, 11) is 1.93. The number of nitrogens with zero attached hydrogens (tertiary/aromatic N) is 1. The Labute approximate surface area is 107 Å². The minimum atomic E-state index is 0.213. The topological polar surface area (TPSA) is 24.9 Å². The quantitative estimate of drug-likeness (QED) is 0.847. The van der Waals surface area contributed by atoms with Crippen molar-refractivity contribution in [2.45, 2.75) is 19.4 Å². The Morgan fingerprint density at radius 3 is 2.73 bits per heavy atom. The predicted molar refractivity (Wildman–Crippen MR) is 70.9 cm³/mol. The van der Waals surface area contributed by atoms with Crippen molar-refractivity contribution in [3.63, 3.8) is 0 Å². The van der Waals surface area contributed by atoms with Crippen LogP contribution in [0.2, 0.25) is 0 Å². The predicted octanol–water partition coefficient (Wildman–Crippen LogP) is 3.83. The van der Waals surface area contributed by atoms with Gasteiger partial charge in [-0.05, 0) is 58.3 Å². The Balaban J connectivity index is 2.96. The summed E-state index contributed by atoms with van der Waals surface area (Å²) >= 11 is 6.90. The van der Waals surface area contributed by atoms with Gasteiger partial charge in [-0.1, -0.05) is 5.57 Å². The van der Waals surface area contributed by atoms with Crippen LogP contribution in [0, 0.1) is 0 Å². The molecule has 1 N–H and O–H groups in total. The summed E-state index contributed by atoms with van der Waals surface area (Å²) < 4.78 is 1.99. The van der Waals surface area contributed by atoms with Crippen LogP contribution in [0.15, 0.2) is 33.4 Å². The van der Waals surface area contributed by atoms with Crippen molar-refractivity contribution in [2.75, 3.05) is 7.05 Å². The Hall–Kier alpha value is -0.190. The summed E-state index contributed by atoms with van der Waals surface area (Å²) in [5.74, 6) is 0. The summed E-state index contributed by atoms with van der Waals surface area (Å²) in [6, 6.07) is 2.22. The van der Waals surface area contributed by atoms with Crippen LogP contribution in [0.1, 0.15) is 25.1 Å². The molecule has 0 radical (unpaired) electrons. The normalized spacial score (nSPS) is 12.5. The van der Waals surface area contributed by atoms with Crippen LogP contribution < -0.4 is 5.32 Å². The summed E-state index contributed by atoms with van der Waals surface area (Å²) in [6.07, 6.45) is 2.70. The first-order valence-corrected chi connectivity index (χ1v) is 6.25. The SMILES string of the molecule is C=C(C)CC(NC)c1ncc(Br)cc1Br. The van der Waals surface area contributed by atoms with Crippen molar-refractivity contribution in [2.24, 2.45) is 0 Å². The molecule has 1 atom stereocenters. The van der Waals surface area contributed by atoms with Crippen LogP contribution in [-0.2, 0) is 0 Å². The molecular weight excluding hydrogens is 320 g/mol. The van der Waals surface area contributed by atoms with Gasteiger partial charge in [0.05, 0.1) is 11.7 Å². The van der Waals surface area contributed by atoms with E-state index in [4.69, 9.17) is 0 Å². The fourth-order valence-electron chi connectivity index (χ4n) is 1.37. The molecule has 0 fully saturated rings. The molecule has 0 amide bonds. The molecule has 1 heterocycles. The van der Waals surface area contributed by atoms with Crippen molar-refractivity contribution in [3.05, 3.63) is 39.1 Å². The van der Waals surface area contributed by atoms with E-state index in [9.17, 15) is 0 Å². The monoisotopic (exact) mass is 332 g/mol. The van der Waals surface area contributed by atoms with Crippen LogP contribution in [0.5, 0.6) is 0 Å². The molecule has 0 bridgehead atoms. The lowest BCUT2D eigenvalue weighted by molar-refractivity contribution is 0.571. The molecule has 0 aliphatic carbocycles. The first-order valence-electron chi connectivity index (χ1n) is 4.67. The summed E-state index contributed by atoms with van der Waals surface area (Å²) in [4.78, 5) is 4.40. The van der Waals surface area contributed by atoms with E-state index in [1.165, 1.54) is 0 Å².